The number of anilines is 2. The zero-order valence-electron chi connectivity index (χ0n) is 13.8. The van der Waals surface area contributed by atoms with E-state index in [9.17, 15) is 4.79 Å². The van der Waals surface area contributed by atoms with Gasteiger partial charge in [-0.05, 0) is 35.2 Å². The minimum absolute atomic E-state index is 0.0584. The smallest absolute Gasteiger partial charge is 0.226 e. The lowest BCUT2D eigenvalue weighted by atomic mass is 9.87. The second kappa shape index (κ2) is 7.51. The van der Waals surface area contributed by atoms with Crippen molar-refractivity contribution < 1.29 is 4.79 Å². The van der Waals surface area contributed by atoms with E-state index in [-0.39, 0.29) is 11.3 Å². The van der Waals surface area contributed by atoms with Crippen LogP contribution in [0.25, 0.3) is 0 Å². The van der Waals surface area contributed by atoms with Crippen LogP contribution in [-0.4, -0.2) is 12.5 Å². The molecule has 0 saturated carbocycles. The van der Waals surface area contributed by atoms with Gasteiger partial charge >= 0.3 is 0 Å². The summed E-state index contributed by atoms with van der Waals surface area (Å²) in [5, 5.41) is 6.62. The fraction of sp³-hybridized carbons (Fsp3) is 0.316. The molecular weight excluding hydrogens is 308 g/mol. The number of carbonyl (C=O) groups is 1. The third-order valence-electron chi connectivity index (χ3n) is 3.58. The van der Waals surface area contributed by atoms with E-state index in [2.05, 4.69) is 43.5 Å². The average molecular weight is 331 g/mol. The van der Waals surface area contributed by atoms with Gasteiger partial charge in [0.2, 0.25) is 5.91 Å². The molecule has 3 nitrogen and oxygen atoms in total. The second-order valence-corrected chi connectivity index (χ2v) is 6.94. The highest BCUT2D eigenvalue weighted by Gasteiger charge is 2.12. The van der Waals surface area contributed by atoms with Gasteiger partial charge < -0.3 is 10.6 Å². The highest BCUT2D eigenvalue weighted by Crippen LogP contribution is 2.23. The van der Waals surface area contributed by atoms with Crippen LogP contribution in [0.1, 0.15) is 32.8 Å². The maximum atomic E-state index is 11.9. The Morgan fingerprint density at radius 3 is 2.30 bits per heavy atom. The molecule has 0 aliphatic rings. The molecular formula is C19H23ClN2O. The first kappa shape index (κ1) is 17.4. The number of halogens is 1. The zero-order chi connectivity index (χ0) is 16.9. The SMILES string of the molecule is CC(C)(C)c1ccc(NCCC(=O)Nc2ccccc2Cl)cc1. The van der Waals surface area contributed by atoms with E-state index < -0.39 is 0 Å². The number of amides is 1. The number of rotatable bonds is 5. The van der Waals surface area contributed by atoms with E-state index in [1.165, 1.54) is 5.56 Å². The van der Waals surface area contributed by atoms with Crippen molar-refractivity contribution in [1.82, 2.24) is 0 Å². The summed E-state index contributed by atoms with van der Waals surface area (Å²) >= 11 is 6.02. The molecule has 0 aliphatic carbocycles. The molecule has 0 spiro atoms. The summed E-state index contributed by atoms with van der Waals surface area (Å²) < 4.78 is 0. The van der Waals surface area contributed by atoms with Crippen LogP contribution in [0.4, 0.5) is 11.4 Å². The van der Waals surface area contributed by atoms with Crippen molar-refractivity contribution in [2.75, 3.05) is 17.2 Å². The van der Waals surface area contributed by atoms with Crippen LogP contribution in [0.15, 0.2) is 48.5 Å². The largest absolute Gasteiger partial charge is 0.385 e. The lowest BCUT2D eigenvalue weighted by Crippen LogP contribution is -2.16. The molecule has 0 heterocycles. The van der Waals surface area contributed by atoms with Crippen molar-refractivity contribution in [3.05, 3.63) is 59.1 Å². The predicted octanol–water partition coefficient (Wildman–Crippen LogP) is 5.08. The number of carbonyl (C=O) groups excluding carboxylic acids is 1. The molecule has 2 N–H and O–H groups in total. The first-order valence-electron chi connectivity index (χ1n) is 7.75. The lowest BCUT2D eigenvalue weighted by molar-refractivity contribution is -0.115. The summed E-state index contributed by atoms with van der Waals surface area (Å²) in [7, 11) is 0. The Kier molecular flexibility index (Phi) is 5.67. The minimum Gasteiger partial charge on any atom is -0.385 e. The van der Waals surface area contributed by atoms with E-state index in [1.54, 1.807) is 12.1 Å². The Bertz CT molecular complexity index is 660. The number of hydrogen-bond donors (Lipinski definition) is 2. The molecule has 4 heteroatoms. The minimum atomic E-state index is -0.0584. The highest BCUT2D eigenvalue weighted by atomic mass is 35.5. The lowest BCUT2D eigenvalue weighted by Gasteiger charge is -2.19. The van der Waals surface area contributed by atoms with Crippen LogP contribution in [0, 0.1) is 0 Å². The number of benzene rings is 2. The van der Waals surface area contributed by atoms with Crippen molar-refractivity contribution in [3.63, 3.8) is 0 Å². The van der Waals surface area contributed by atoms with Crippen LogP contribution < -0.4 is 10.6 Å². The van der Waals surface area contributed by atoms with Crippen molar-refractivity contribution in [2.45, 2.75) is 32.6 Å². The molecule has 1 amide bonds. The van der Waals surface area contributed by atoms with E-state index in [1.807, 2.05) is 24.3 Å². The van der Waals surface area contributed by atoms with E-state index >= 15 is 0 Å². The molecule has 23 heavy (non-hydrogen) atoms. The number of para-hydroxylation sites is 1. The van der Waals surface area contributed by atoms with Gasteiger partial charge in [-0.15, -0.1) is 0 Å². The van der Waals surface area contributed by atoms with Crippen molar-refractivity contribution in [1.29, 1.82) is 0 Å². The topological polar surface area (TPSA) is 41.1 Å². The quantitative estimate of drug-likeness (QED) is 0.802. The van der Waals surface area contributed by atoms with Crippen LogP contribution >= 0.6 is 11.6 Å². The summed E-state index contributed by atoms with van der Waals surface area (Å²) in [6, 6.07) is 15.6. The van der Waals surface area contributed by atoms with Gasteiger partial charge in [0, 0.05) is 18.7 Å². The Labute approximate surface area is 143 Å². The fourth-order valence-electron chi connectivity index (χ4n) is 2.18. The summed E-state index contributed by atoms with van der Waals surface area (Å²) in [6.07, 6.45) is 0.381. The van der Waals surface area contributed by atoms with Gasteiger partial charge in [0.1, 0.15) is 0 Å². The van der Waals surface area contributed by atoms with Gasteiger partial charge in [0.05, 0.1) is 10.7 Å². The maximum Gasteiger partial charge on any atom is 0.226 e. The van der Waals surface area contributed by atoms with Gasteiger partial charge in [-0.1, -0.05) is 56.6 Å². The third kappa shape index (κ3) is 5.29. The Morgan fingerprint density at radius 1 is 1.04 bits per heavy atom. The number of nitrogens with one attached hydrogen (secondary N) is 2. The van der Waals surface area contributed by atoms with Crippen LogP contribution in [0.3, 0.4) is 0 Å². The average Bonchev–Trinajstić information content (AvgIpc) is 2.49. The standard InChI is InChI=1S/C19H23ClN2O/c1-19(2,3)14-8-10-15(11-9-14)21-13-12-18(23)22-17-7-5-4-6-16(17)20/h4-11,21H,12-13H2,1-3H3,(H,22,23). The highest BCUT2D eigenvalue weighted by molar-refractivity contribution is 6.33. The first-order chi connectivity index (χ1) is 10.9. The van der Waals surface area contributed by atoms with E-state index in [4.69, 9.17) is 11.6 Å². The monoisotopic (exact) mass is 330 g/mol. The van der Waals surface area contributed by atoms with Gasteiger partial charge in [-0.25, -0.2) is 0 Å². The van der Waals surface area contributed by atoms with Crippen LogP contribution in [0.5, 0.6) is 0 Å². The first-order valence-corrected chi connectivity index (χ1v) is 8.13. The van der Waals surface area contributed by atoms with E-state index in [0.29, 0.717) is 23.7 Å². The summed E-state index contributed by atoms with van der Waals surface area (Å²) in [5.41, 5.74) is 3.10. The van der Waals surface area contributed by atoms with Crippen LogP contribution in [-0.2, 0) is 10.2 Å². The van der Waals surface area contributed by atoms with Gasteiger partial charge in [-0.3, -0.25) is 4.79 Å². The number of hydrogen-bond acceptors (Lipinski definition) is 2. The second-order valence-electron chi connectivity index (χ2n) is 6.53. The molecule has 2 aromatic carbocycles. The fourth-order valence-corrected chi connectivity index (χ4v) is 2.37. The maximum absolute atomic E-state index is 11.9. The van der Waals surface area contributed by atoms with Crippen molar-refractivity contribution >= 4 is 28.9 Å². The normalized spacial score (nSPS) is 11.1. The molecule has 0 atom stereocenters. The third-order valence-corrected chi connectivity index (χ3v) is 3.91. The molecule has 0 aromatic heterocycles. The Morgan fingerprint density at radius 2 is 1.70 bits per heavy atom. The van der Waals surface area contributed by atoms with Gasteiger partial charge in [0.15, 0.2) is 0 Å². The van der Waals surface area contributed by atoms with Gasteiger partial charge in [0.25, 0.3) is 0 Å². The molecule has 0 aliphatic heterocycles. The molecule has 0 radical (unpaired) electrons. The Hall–Kier alpha value is -2.00. The molecule has 0 saturated heterocycles. The molecule has 0 fully saturated rings. The molecule has 122 valence electrons. The zero-order valence-corrected chi connectivity index (χ0v) is 14.6. The molecule has 0 unspecified atom stereocenters. The molecule has 2 rings (SSSR count). The van der Waals surface area contributed by atoms with E-state index in [0.717, 1.165) is 5.69 Å². The summed E-state index contributed by atoms with van der Waals surface area (Å²) in [5.74, 6) is -0.0584. The predicted molar refractivity (Wildman–Crippen MR) is 98.3 cm³/mol. The van der Waals surface area contributed by atoms with Crippen molar-refractivity contribution in [3.8, 4) is 0 Å². The van der Waals surface area contributed by atoms with Crippen molar-refractivity contribution in [2.24, 2.45) is 0 Å². The molecule has 0 bridgehead atoms. The molecule has 2 aromatic rings. The van der Waals surface area contributed by atoms with Gasteiger partial charge in [-0.2, -0.15) is 0 Å². The summed E-state index contributed by atoms with van der Waals surface area (Å²) in [4.78, 5) is 11.9. The van der Waals surface area contributed by atoms with Crippen LogP contribution in [0.2, 0.25) is 5.02 Å². The Balaban J connectivity index is 1.81. The summed E-state index contributed by atoms with van der Waals surface area (Å²) in [6.45, 7) is 7.14.